The standard InChI is InChI=1S/C14H15ClN2O2/c1-10-13(11-2-4-12(15)5-3-11)16-19-14(10)17-6-8-18-9-7-17/h2-5,14H,1,6-9H2. The molecule has 0 N–H and O–H groups in total. The van der Waals surface area contributed by atoms with E-state index in [0.29, 0.717) is 5.02 Å². The van der Waals surface area contributed by atoms with Gasteiger partial charge in [-0.15, -0.1) is 0 Å². The summed E-state index contributed by atoms with van der Waals surface area (Å²) < 4.78 is 5.34. The van der Waals surface area contributed by atoms with Gasteiger partial charge in [0.15, 0.2) is 0 Å². The van der Waals surface area contributed by atoms with E-state index in [0.717, 1.165) is 43.2 Å². The number of benzene rings is 1. The van der Waals surface area contributed by atoms with Crippen molar-refractivity contribution in [2.45, 2.75) is 6.23 Å². The lowest BCUT2D eigenvalue weighted by atomic mass is 10.0. The Morgan fingerprint density at radius 1 is 1.21 bits per heavy atom. The topological polar surface area (TPSA) is 34.1 Å². The van der Waals surface area contributed by atoms with Gasteiger partial charge in [-0.3, -0.25) is 4.90 Å². The first-order valence-corrected chi connectivity index (χ1v) is 6.64. The molecule has 0 amide bonds. The molecule has 0 bridgehead atoms. The van der Waals surface area contributed by atoms with E-state index < -0.39 is 0 Å². The highest BCUT2D eigenvalue weighted by molar-refractivity contribution is 6.30. The number of morpholine rings is 1. The van der Waals surface area contributed by atoms with Gasteiger partial charge in [0.05, 0.1) is 13.2 Å². The Kier molecular flexibility index (Phi) is 3.55. The second-order valence-electron chi connectivity index (χ2n) is 4.58. The van der Waals surface area contributed by atoms with Crippen molar-refractivity contribution in [3.8, 4) is 0 Å². The average molecular weight is 279 g/mol. The fraction of sp³-hybridized carbons (Fsp3) is 0.357. The maximum atomic E-state index is 5.89. The van der Waals surface area contributed by atoms with Gasteiger partial charge in [-0.1, -0.05) is 35.5 Å². The van der Waals surface area contributed by atoms with Crippen molar-refractivity contribution in [3.63, 3.8) is 0 Å². The molecular formula is C14H15ClN2O2. The van der Waals surface area contributed by atoms with Crippen LogP contribution in [0.1, 0.15) is 5.56 Å². The Hall–Kier alpha value is -1.36. The van der Waals surface area contributed by atoms with Gasteiger partial charge < -0.3 is 9.57 Å². The van der Waals surface area contributed by atoms with Crippen LogP contribution in [0.2, 0.25) is 5.02 Å². The Morgan fingerprint density at radius 3 is 2.58 bits per heavy atom. The van der Waals surface area contributed by atoms with Gasteiger partial charge in [-0.05, 0) is 12.1 Å². The van der Waals surface area contributed by atoms with E-state index in [1.165, 1.54) is 0 Å². The number of oxime groups is 1. The van der Waals surface area contributed by atoms with Crippen molar-refractivity contribution in [3.05, 3.63) is 47.0 Å². The predicted octanol–water partition coefficient (Wildman–Crippen LogP) is 2.29. The van der Waals surface area contributed by atoms with Crippen molar-refractivity contribution >= 4 is 17.3 Å². The van der Waals surface area contributed by atoms with E-state index in [1.807, 2.05) is 24.3 Å². The van der Waals surface area contributed by atoms with E-state index in [4.69, 9.17) is 21.2 Å². The molecular weight excluding hydrogens is 264 g/mol. The van der Waals surface area contributed by atoms with Gasteiger partial charge >= 0.3 is 0 Å². The van der Waals surface area contributed by atoms with Gasteiger partial charge in [0.25, 0.3) is 0 Å². The summed E-state index contributed by atoms with van der Waals surface area (Å²) in [6.07, 6.45) is -0.172. The molecule has 1 aromatic rings. The molecule has 100 valence electrons. The molecule has 0 radical (unpaired) electrons. The van der Waals surface area contributed by atoms with Crippen LogP contribution in [0.3, 0.4) is 0 Å². The summed E-state index contributed by atoms with van der Waals surface area (Å²) in [5.74, 6) is 0. The van der Waals surface area contributed by atoms with E-state index in [-0.39, 0.29) is 6.23 Å². The molecule has 1 unspecified atom stereocenters. The number of halogens is 1. The van der Waals surface area contributed by atoms with Crippen LogP contribution < -0.4 is 0 Å². The van der Waals surface area contributed by atoms with Crippen molar-refractivity contribution < 1.29 is 9.57 Å². The Bertz CT molecular complexity index is 507. The lowest BCUT2D eigenvalue weighted by Gasteiger charge is -2.30. The molecule has 4 nitrogen and oxygen atoms in total. The fourth-order valence-electron chi connectivity index (χ4n) is 2.29. The maximum Gasteiger partial charge on any atom is 0.208 e. The third kappa shape index (κ3) is 2.52. The summed E-state index contributed by atoms with van der Waals surface area (Å²) in [7, 11) is 0. The smallest absolute Gasteiger partial charge is 0.208 e. The van der Waals surface area contributed by atoms with Crippen LogP contribution in [0.25, 0.3) is 0 Å². The highest BCUT2D eigenvalue weighted by Gasteiger charge is 2.32. The second kappa shape index (κ2) is 5.33. The van der Waals surface area contributed by atoms with Gasteiger partial charge in [-0.2, -0.15) is 0 Å². The van der Waals surface area contributed by atoms with Crippen LogP contribution in [-0.4, -0.2) is 43.1 Å². The molecule has 1 atom stereocenters. The molecule has 19 heavy (non-hydrogen) atoms. The SMILES string of the molecule is C=C1C(c2ccc(Cl)cc2)=NOC1N1CCOCC1. The molecule has 0 saturated carbocycles. The molecule has 3 rings (SSSR count). The highest BCUT2D eigenvalue weighted by Crippen LogP contribution is 2.25. The molecule has 0 aliphatic carbocycles. The molecule has 0 aromatic heterocycles. The van der Waals surface area contributed by atoms with Crippen molar-refractivity contribution in [1.29, 1.82) is 0 Å². The van der Waals surface area contributed by atoms with Crippen molar-refractivity contribution in [2.24, 2.45) is 5.16 Å². The molecule has 0 spiro atoms. The molecule has 2 aliphatic rings. The summed E-state index contributed by atoms with van der Waals surface area (Å²) in [4.78, 5) is 7.72. The Morgan fingerprint density at radius 2 is 1.89 bits per heavy atom. The third-order valence-electron chi connectivity index (χ3n) is 3.34. The number of rotatable bonds is 2. The molecule has 1 saturated heterocycles. The second-order valence-corrected chi connectivity index (χ2v) is 5.01. The highest BCUT2D eigenvalue weighted by atomic mass is 35.5. The van der Waals surface area contributed by atoms with Crippen LogP contribution in [0.5, 0.6) is 0 Å². The van der Waals surface area contributed by atoms with Crippen LogP contribution in [0.15, 0.2) is 41.6 Å². The minimum atomic E-state index is -0.172. The number of nitrogens with zero attached hydrogens (tertiary/aromatic N) is 2. The van der Waals surface area contributed by atoms with Crippen LogP contribution in [-0.2, 0) is 9.57 Å². The van der Waals surface area contributed by atoms with Gasteiger partial charge in [0, 0.05) is 29.2 Å². The minimum Gasteiger partial charge on any atom is -0.379 e. The molecule has 1 fully saturated rings. The van der Waals surface area contributed by atoms with E-state index in [2.05, 4.69) is 16.6 Å². The zero-order valence-corrected chi connectivity index (χ0v) is 11.3. The lowest BCUT2D eigenvalue weighted by Crippen LogP contribution is -2.44. The Labute approximate surface area is 117 Å². The minimum absolute atomic E-state index is 0.172. The largest absolute Gasteiger partial charge is 0.379 e. The predicted molar refractivity (Wildman–Crippen MR) is 74.4 cm³/mol. The van der Waals surface area contributed by atoms with E-state index in [1.54, 1.807) is 0 Å². The summed E-state index contributed by atoms with van der Waals surface area (Å²) in [6.45, 7) is 7.25. The molecule has 2 aliphatic heterocycles. The summed E-state index contributed by atoms with van der Waals surface area (Å²) in [5.41, 5.74) is 2.67. The lowest BCUT2D eigenvalue weighted by molar-refractivity contribution is -0.0660. The van der Waals surface area contributed by atoms with Gasteiger partial charge in [0.2, 0.25) is 6.23 Å². The quantitative estimate of drug-likeness (QED) is 0.832. The van der Waals surface area contributed by atoms with Crippen LogP contribution in [0, 0.1) is 0 Å². The third-order valence-corrected chi connectivity index (χ3v) is 3.59. The zero-order chi connectivity index (χ0) is 13.2. The summed E-state index contributed by atoms with van der Waals surface area (Å²) in [5, 5.41) is 4.87. The average Bonchev–Trinajstić information content (AvgIpc) is 2.83. The monoisotopic (exact) mass is 278 g/mol. The molecule has 5 heteroatoms. The van der Waals surface area contributed by atoms with Crippen molar-refractivity contribution in [2.75, 3.05) is 26.3 Å². The number of hydrogen-bond donors (Lipinski definition) is 0. The Balaban J connectivity index is 1.75. The summed E-state index contributed by atoms with van der Waals surface area (Å²) in [6, 6.07) is 7.54. The van der Waals surface area contributed by atoms with E-state index in [9.17, 15) is 0 Å². The van der Waals surface area contributed by atoms with Gasteiger partial charge in [0.1, 0.15) is 5.71 Å². The van der Waals surface area contributed by atoms with Gasteiger partial charge in [-0.25, -0.2) is 0 Å². The number of ether oxygens (including phenoxy) is 1. The normalized spacial score (nSPS) is 24.2. The first kappa shape index (κ1) is 12.7. The first-order chi connectivity index (χ1) is 9.25. The van der Waals surface area contributed by atoms with Crippen LogP contribution in [0.4, 0.5) is 0 Å². The van der Waals surface area contributed by atoms with Crippen LogP contribution >= 0.6 is 11.6 Å². The first-order valence-electron chi connectivity index (χ1n) is 6.26. The van der Waals surface area contributed by atoms with E-state index >= 15 is 0 Å². The molecule has 2 heterocycles. The van der Waals surface area contributed by atoms with Crippen molar-refractivity contribution in [1.82, 2.24) is 4.90 Å². The number of hydrogen-bond acceptors (Lipinski definition) is 4. The maximum absolute atomic E-state index is 5.89. The molecule has 1 aromatic carbocycles. The summed E-state index contributed by atoms with van der Waals surface area (Å²) >= 11 is 5.89. The zero-order valence-electron chi connectivity index (χ0n) is 10.5. The fourth-order valence-corrected chi connectivity index (χ4v) is 2.41.